The van der Waals surface area contributed by atoms with Crippen LogP contribution in [0.15, 0.2) is 58.2 Å². The number of oxime groups is 1. The first-order chi connectivity index (χ1) is 10.7. The van der Waals surface area contributed by atoms with Crippen LogP contribution < -0.4 is 5.32 Å². The Morgan fingerprint density at radius 3 is 2.77 bits per heavy atom. The van der Waals surface area contributed by atoms with E-state index in [0.29, 0.717) is 22.0 Å². The van der Waals surface area contributed by atoms with Gasteiger partial charge in [0.05, 0.1) is 11.3 Å². The molecule has 0 radical (unpaired) electrons. The van der Waals surface area contributed by atoms with Gasteiger partial charge >= 0.3 is 0 Å². The Labute approximate surface area is 135 Å². The van der Waals surface area contributed by atoms with Crippen LogP contribution in [0.25, 0.3) is 5.57 Å². The van der Waals surface area contributed by atoms with E-state index >= 15 is 0 Å². The van der Waals surface area contributed by atoms with Crippen LogP contribution in [-0.2, 0) is 4.79 Å². The molecular weight excluding hydrogens is 320 g/mol. The smallest absolute Gasteiger partial charge is 0.226 e. The van der Waals surface area contributed by atoms with Gasteiger partial charge < -0.3 is 10.5 Å². The Kier molecular flexibility index (Phi) is 2.99. The molecule has 0 atom stereocenters. The van der Waals surface area contributed by atoms with Crippen molar-refractivity contribution in [3.63, 3.8) is 0 Å². The summed E-state index contributed by atoms with van der Waals surface area (Å²) in [5.74, 6) is 0. The van der Waals surface area contributed by atoms with Crippen molar-refractivity contribution in [2.45, 2.75) is 4.90 Å². The standard InChI is InChI=1S/C16H9ClN2O2S/c17-8-5-6-9-11(7-8)18-15(14(9)19-21)13-10-3-1-2-4-12(10)22-16(13)20/h1-7,18,21H/b15-13-,19-14+. The van der Waals surface area contributed by atoms with Crippen LogP contribution in [0.4, 0.5) is 5.69 Å². The molecule has 0 unspecified atom stereocenters. The van der Waals surface area contributed by atoms with Crippen molar-refractivity contribution in [1.82, 2.24) is 0 Å². The molecule has 4 nitrogen and oxygen atoms in total. The zero-order valence-corrected chi connectivity index (χ0v) is 12.7. The van der Waals surface area contributed by atoms with Crippen LogP contribution >= 0.6 is 23.4 Å². The maximum absolute atomic E-state index is 12.4. The fourth-order valence-corrected chi connectivity index (χ4v) is 3.81. The number of thioether (sulfide) groups is 1. The molecule has 0 aliphatic carbocycles. The maximum atomic E-state index is 12.4. The van der Waals surface area contributed by atoms with Gasteiger partial charge in [-0.1, -0.05) is 35.0 Å². The van der Waals surface area contributed by atoms with Gasteiger partial charge in [0.15, 0.2) is 0 Å². The van der Waals surface area contributed by atoms with Crippen molar-refractivity contribution in [3.8, 4) is 0 Å². The Morgan fingerprint density at radius 1 is 1.14 bits per heavy atom. The average molecular weight is 329 g/mol. The number of fused-ring (bicyclic) bond motifs is 2. The fourth-order valence-electron chi connectivity index (χ4n) is 2.70. The molecule has 0 fully saturated rings. The molecule has 0 saturated heterocycles. The average Bonchev–Trinajstić information content (AvgIpc) is 3.02. The molecule has 2 aliphatic rings. The van der Waals surface area contributed by atoms with E-state index in [-0.39, 0.29) is 5.12 Å². The van der Waals surface area contributed by atoms with Gasteiger partial charge in [-0.2, -0.15) is 0 Å². The first-order valence-electron chi connectivity index (χ1n) is 6.54. The lowest BCUT2D eigenvalue weighted by Crippen LogP contribution is -2.08. The zero-order chi connectivity index (χ0) is 15.3. The Balaban J connectivity index is 1.96. The molecule has 0 bridgehead atoms. The summed E-state index contributed by atoms with van der Waals surface area (Å²) in [6, 6.07) is 12.8. The number of benzene rings is 2. The lowest BCUT2D eigenvalue weighted by Gasteiger charge is -2.05. The summed E-state index contributed by atoms with van der Waals surface area (Å²) in [5, 5.41) is 16.5. The SMILES string of the molecule is O=C1Sc2ccccc2/C1=C1/Nc2cc(Cl)ccc2/C1=N\O. The molecule has 0 aromatic heterocycles. The third-order valence-electron chi connectivity index (χ3n) is 3.65. The van der Waals surface area contributed by atoms with Crippen molar-refractivity contribution < 1.29 is 10.0 Å². The van der Waals surface area contributed by atoms with Gasteiger partial charge in [0.25, 0.3) is 0 Å². The maximum Gasteiger partial charge on any atom is 0.226 e. The summed E-state index contributed by atoms with van der Waals surface area (Å²) in [6.45, 7) is 0. The minimum Gasteiger partial charge on any atom is -0.410 e. The highest BCUT2D eigenvalue weighted by molar-refractivity contribution is 8.15. The molecular formula is C16H9ClN2O2S. The second-order valence-electron chi connectivity index (χ2n) is 4.90. The largest absolute Gasteiger partial charge is 0.410 e. The predicted octanol–water partition coefficient (Wildman–Crippen LogP) is 3.99. The first kappa shape index (κ1) is 13.4. The number of rotatable bonds is 0. The number of nitrogens with zero attached hydrogens (tertiary/aromatic N) is 1. The van der Waals surface area contributed by atoms with Crippen molar-refractivity contribution in [3.05, 3.63) is 64.3 Å². The Bertz CT molecular complexity index is 889. The van der Waals surface area contributed by atoms with Crippen LogP contribution in [0, 0.1) is 0 Å². The molecule has 0 amide bonds. The summed E-state index contributed by atoms with van der Waals surface area (Å²) >= 11 is 7.18. The number of nitrogens with one attached hydrogen (secondary N) is 1. The number of hydrogen-bond donors (Lipinski definition) is 2. The van der Waals surface area contributed by atoms with E-state index in [1.165, 1.54) is 11.8 Å². The van der Waals surface area contributed by atoms with Crippen LogP contribution in [-0.4, -0.2) is 16.0 Å². The van der Waals surface area contributed by atoms with Crippen LogP contribution in [0.5, 0.6) is 0 Å². The van der Waals surface area contributed by atoms with Crippen molar-refractivity contribution >= 4 is 45.5 Å². The molecule has 6 heteroatoms. The predicted molar refractivity (Wildman–Crippen MR) is 87.6 cm³/mol. The summed E-state index contributed by atoms with van der Waals surface area (Å²) < 4.78 is 0. The molecule has 2 aromatic rings. The number of hydrogen-bond acceptors (Lipinski definition) is 5. The minimum atomic E-state index is -0.0660. The second kappa shape index (κ2) is 4.90. The number of carbonyl (C=O) groups is 1. The molecule has 2 aromatic carbocycles. The van der Waals surface area contributed by atoms with Gasteiger partial charge in [-0.05, 0) is 36.0 Å². The van der Waals surface area contributed by atoms with E-state index in [2.05, 4.69) is 10.5 Å². The van der Waals surface area contributed by atoms with Crippen molar-refractivity contribution in [2.24, 2.45) is 5.16 Å². The lowest BCUT2D eigenvalue weighted by atomic mass is 10.0. The van der Waals surface area contributed by atoms with Crippen molar-refractivity contribution in [2.75, 3.05) is 5.32 Å². The molecule has 4 rings (SSSR count). The van der Waals surface area contributed by atoms with E-state index in [0.717, 1.165) is 21.7 Å². The molecule has 108 valence electrons. The third kappa shape index (κ3) is 1.86. The van der Waals surface area contributed by atoms with Crippen LogP contribution in [0.2, 0.25) is 5.02 Å². The highest BCUT2D eigenvalue weighted by Gasteiger charge is 2.34. The Morgan fingerprint density at radius 2 is 1.95 bits per heavy atom. The number of halogens is 1. The zero-order valence-electron chi connectivity index (χ0n) is 11.1. The van der Waals surface area contributed by atoms with Gasteiger partial charge in [0.2, 0.25) is 5.12 Å². The molecule has 0 saturated carbocycles. The van der Waals surface area contributed by atoms with Crippen LogP contribution in [0.1, 0.15) is 11.1 Å². The van der Waals surface area contributed by atoms with E-state index < -0.39 is 0 Å². The van der Waals surface area contributed by atoms with E-state index in [1.54, 1.807) is 18.2 Å². The number of carbonyl (C=O) groups excluding carboxylic acids is 1. The third-order valence-corrected chi connectivity index (χ3v) is 4.85. The number of anilines is 1. The summed E-state index contributed by atoms with van der Waals surface area (Å²) in [4.78, 5) is 13.3. The Hall–Kier alpha value is -2.24. The molecule has 22 heavy (non-hydrogen) atoms. The minimum absolute atomic E-state index is 0.0660. The normalized spacial score (nSPS) is 21.0. The van der Waals surface area contributed by atoms with E-state index in [9.17, 15) is 10.0 Å². The monoisotopic (exact) mass is 328 g/mol. The molecule has 2 aliphatic heterocycles. The van der Waals surface area contributed by atoms with E-state index in [4.69, 9.17) is 11.6 Å². The summed E-state index contributed by atoms with van der Waals surface area (Å²) in [6.07, 6.45) is 0. The van der Waals surface area contributed by atoms with E-state index in [1.807, 2.05) is 24.3 Å². The summed E-state index contributed by atoms with van der Waals surface area (Å²) in [7, 11) is 0. The quantitative estimate of drug-likeness (QED) is 0.436. The second-order valence-corrected chi connectivity index (χ2v) is 6.35. The summed E-state index contributed by atoms with van der Waals surface area (Å²) in [5.41, 5.74) is 3.69. The highest BCUT2D eigenvalue weighted by atomic mass is 35.5. The van der Waals surface area contributed by atoms with Crippen molar-refractivity contribution in [1.29, 1.82) is 0 Å². The van der Waals surface area contributed by atoms with Gasteiger partial charge in [0, 0.05) is 26.7 Å². The lowest BCUT2D eigenvalue weighted by molar-refractivity contribution is -0.106. The molecule has 0 spiro atoms. The molecule has 2 N–H and O–H groups in total. The molecule has 2 heterocycles. The number of allylic oxidation sites excluding steroid dienone is 1. The van der Waals surface area contributed by atoms with Gasteiger partial charge in [-0.25, -0.2) is 0 Å². The van der Waals surface area contributed by atoms with Gasteiger partial charge in [-0.15, -0.1) is 0 Å². The highest BCUT2D eigenvalue weighted by Crippen LogP contribution is 2.44. The fraction of sp³-hybridized carbons (Fsp3) is 0. The van der Waals surface area contributed by atoms with Crippen LogP contribution in [0.3, 0.4) is 0 Å². The van der Waals surface area contributed by atoms with Gasteiger partial charge in [0.1, 0.15) is 5.71 Å². The first-order valence-corrected chi connectivity index (χ1v) is 7.73. The van der Waals surface area contributed by atoms with Gasteiger partial charge in [-0.3, -0.25) is 4.79 Å². The topological polar surface area (TPSA) is 61.7 Å².